The zero-order chi connectivity index (χ0) is 15.3. The van der Waals surface area contributed by atoms with E-state index in [0.29, 0.717) is 5.92 Å². The van der Waals surface area contributed by atoms with Crippen molar-refractivity contribution in [1.82, 2.24) is 5.32 Å². The molecule has 0 aliphatic heterocycles. The maximum atomic E-state index is 13.0. The van der Waals surface area contributed by atoms with Crippen molar-refractivity contribution >= 4 is 0 Å². The van der Waals surface area contributed by atoms with Gasteiger partial charge in [-0.1, -0.05) is 12.1 Å². The number of rotatable bonds is 6. The van der Waals surface area contributed by atoms with Crippen LogP contribution in [0.3, 0.4) is 0 Å². The van der Waals surface area contributed by atoms with E-state index in [-0.39, 0.29) is 11.4 Å². The maximum Gasteiger partial charge on any atom is 0.123 e. The number of nitrogens with one attached hydrogen (secondary N) is 1. The predicted molar refractivity (Wildman–Crippen MR) is 83.8 cm³/mol. The molecule has 21 heavy (non-hydrogen) atoms. The van der Waals surface area contributed by atoms with Crippen LogP contribution in [0.25, 0.3) is 0 Å². The molecular formula is C18H24FNO. The third-order valence-electron chi connectivity index (χ3n) is 3.46. The smallest absolute Gasteiger partial charge is 0.123 e. The first-order valence-electron chi connectivity index (χ1n) is 7.43. The van der Waals surface area contributed by atoms with Crippen LogP contribution in [-0.4, -0.2) is 12.1 Å². The van der Waals surface area contributed by atoms with Gasteiger partial charge in [0.2, 0.25) is 0 Å². The molecule has 2 rings (SSSR count). The topological polar surface area (TPSA) is 25.2 Å². The molecule has 0 aliphatic carbocycles. The summed E-state index contributed by atoms with van der Waals surface area (Å²) in [5, 5.41) is 3.56. The Morgan fingerprint density at radius 1 is 1.05 bits per heavy atom. The highest BCUT2D eigenvalue weighted by Gasteiger charge is 2.16. The summed E-state index contributed by atoms with van der Waals surface area (Å²) in [6.07, 6.45) is 5.39. The van der Waals surface area contributed by atoms with Crippen LogP contribution >= 0.6 is 0 Å². The van der Waals surface area contributed by atoms with Crippen molar-refractivity contribution in [2.45, 2.75) is 39.2 Å². The summed E-state index contributed by atoms with van der Waals surface area (Å²) in [7, 11) is 0. The Balaban J connectivity index is 2.01. The second-order valence-electron chi connectivity index (χ2n) is 6.66. The molecule has 1 atom stereocenters. The molecule has 1 unspecified atom stereocenters. The minimum absolute atomic E-state index is 0.0947. The van der Waals surface area contributed by atoms with Crippen molar-refractivity contribution in [3.63, 3.8) is 0 Å². The van der Waals surface area contributed by atoms with Crippen molar-refractivity contribution in [3.05, 3.63) is 59.8 Å². The van der Waals surface area contributed by atoms with Gasteiger partial charge in [0.1, 0.15) is 5.82 Å². The highest BCUT2D eigenvalue weighted by Crippen LogP contribution is 2.16. The Bertz CT molecular complexity index is 525. The van der Waals surface area contributed by atoms with Gasteiger partial charge in [0.15, 0.2) is 0 Å². The van der Waals surface area contributed by atoms with Gasteiger partial charge in [-0.3, -0.25) is 0 Å². The first-order chi connectivity index (χ1) is 9.92. The van der Waals surface area contributed by atoms with E-state index in [9.17, 15) is 4.39 Å². The molecule has 1 aromatic carbocycles. The summed E-state index contributed by atoms with van der Waals surface area (Å²) in [5.74, 6) is 0.269. The van der Waals surface area contributed by atoms with Crippen LogP contribution in [0.1, 0.15) is 31.9 Å². The fourth-order valence-corrected chi connectivity index (χ4v) is 2.36. The van der Waals surface area contributed by atoms with Crippen molar-refractivity contribution in [2.75, 3.05) is 6.54 Å². The Hall–Kier alpha value is -1.61. The van der Waals surface area contributed by atoms with Gasteiger partial charge in [-0.2, -0.15) is 0 Å². The molecule has 0 bridgehead atoms. The summed E-state index contributed by atoms with van der Waals surface area (Å²) in [6, 6.07) is 8.81. The zero-order valence-electron chi connectivity index (χ0n) is 13.0. The predicted octanol–water partition coefficient (Wildman–Crippen LogP) is 4.21. The number of benzene rings is 1. The van der Waals surface area contributed by atoms with E-state index in [4.69, 9.17) is 4.42 Å². The Kier molecular flexibility index (Phi) is 5.18. The van der Waals surface area contributed by atoms with E-state index < -0.39 is 0 Å². The lowest BCUT2D eigenvalue weighted by Crippen LogP contribution is -2.40. The van der Waals surface area contributed by atoms with Crippen molar-refractivity contribution < 1.29 is 8.81 Å². The number of hydrogen-bond donors (Lipinski definition) is 1. The molecule has 1 N–H and O–H groups in total. The quantitative estimate of drug-likeness (QED) is 0.862. The van der Waals surface area contributed by atoms with Crippen LogP contribution in [0, 0.1) is 11.7 Å². The monoisotopic (exact) mass is 289 g/mol. The highest BCUT2D eigenvalue weighted by molar-refractivity contribution is 5.17. The molecule has 0 amide bonds. The standard InChI is InChI=1S/C18H24FNO/c1-18(2,3)20-12-16(11-15-8-9-21-13-15)10-14-4-6-17(19)7-5-14/h4-9,13,16,20H,10-12H2,1-3H3. The zero-order valence-corrected chi connectivity index (χ0v) is 13.0. The molecule has 0 radical (unpaired) electrons. The lowest BCUT2D eigenvalue weighted by atomic mass is 9.92. The van der Waals surface area contributed by atoms with Gasteiger partial charge in [-0.05, 0) is 75.4 Å². The van der Waals surface area contributed by atoms with E-state index in [1.165, 1.54) is 23.3 Å². The van der Waals surface area contributed by atoms with Gasteiger partial charge >= 0.3 is 0 Å². The Morgan fingerprint density at radius 3 is 2.29 bits per heavy atom. The Morgan fingerprint density at radius 2 is 1.71 bits per heavy atom. The van der Waals surface area contributed by atoms with E-state index in [0.717, 1.165) is 19.4 Å². The van der Waals surface area contributed by atoms with Gasteiger partial charge < -0.3 is 9.73 Å². The molecule has 3 heteroatoms. The molecule has 1 aromatic heterocycles. The summed E-state index contributed by atoms with van der Waals surface area (Å²) in [6.45, 7) is 7.42. The van der Waals surface area contributed by atoms with Gasteiger partial charge in [-0.15, -0.1) is 0 Å². The third-order valence-corrected chi connectivity index (χ3v) is 3.46. The minimum Gasteiger partial charge on any atom is -0.472 e. The molecule has 0 fully saturated rings. The van der Waals surface area contributed by atoms with Crippen molar-refractivity contribution in [3.8, 4) is 0 Å². The highest BCUT2D eigenvalue weighted by atomic mass is 19.1. The van der Waals surface area contributed by atoms with Crippen LogP contribution in [-0.2, 0) is 12.8 Å². The number of hydrogen-bond acceptors (Lipinski definition) is 2. The van der Waals surface area contributed by atoms with Crippen LogP contribution in [0.4, 0.5) is 4.39 Å². The third kappa shape index (κ3) is 5.72. The largest absolute Gasteiger partial charge is 0.472 e. The molecule has 0 spiro atoms. The van der Waals surface area contributed by atoms with Crippen molar-refractivity contribution in [1.29, 1.82) is 0 Å². The lowest BCUT2D eigenvalue weighted by Gasteiger charge is -2.25. The summed E-state index contributed by atoms with van der Waals surface area (Å²) < 4.78 is 18.2. The normalized spacial score (nSPS) is 13.3. The van der Waals surface area contributed by atoms with E-state index in [1.54, 1.807) is 12.5 Å². The molecular weight excluding hydrogens is 265 g/mol. The van der Waals surface area contributed by atoms with Gasteiger partial charge in [0, 0.05) is 5.54 Å². The molecule has 2 nitrogen and oxygen atoms in total. The molecule has 0 aliphatic rings. The van der Waals surface area contributed by atoms with Crippen LogP contribution < -0.4 is 5.32 Å². The first-order valence-corrected chi connectivity index (χ1v) is 7.43. The number of halogens is 1. The van der Waals surface area contributed by atoms with E-state index >= 15 is 0 Å². The van der Waals surface area contributed by atoms with Crippen LogP contribution in [0.15, 0.2) is 47.3 Å². The molecule has 114 valence electrons. The minimum atomic E-state index is -0.182. The second kappa shape index (κ2) is 6.90. The van der Waals surface area contributed by atoms with Crippen molar-refractivity contribution in [2.24, 2.45) is 5.92 Å². The summed E-state index contributed by atoms with van der Waals surface area (Å²) in [4.78, 5) is 0. The molecule has 0 saturated heterocycles. The molecule has 1 heterocycles. The lowest BCUT2D eigenvalue weighted by molar-refractivity contribution is 0.366. The van der Waals surface area contributed by atoms with E-state index in [1.807, 2.05) is 18.2 Å². The second-order valence-corrected chi connectivity index (χ2v) is 6.66. The average Bonchev–Trinajstić information content (AvgIpc) is 2.91. The molecule has 2 aromatic rings. The fraction of sp³-hybridized carbons (Fsp3) is 0.444. The van der Waals surface area contributed by atoms with Gasteiger partial charge in [0.05, 0.1) is 12.5 Å². The first kappa shape index (κ1) is 15.8. The van der Waals surface area contributed by atoms with E-state index in [2.05, 4.69) is 26.1 Å². The fourth-order valence-electron chi connectivity index (χ4n) is 2.36. The van der Waals surface area contributed by atoms with Crippen LogP contribution in [0.2, 0.25) is 0 Å². The maximum absolute atomic E-state index is 13.0. The molecule has 0 saturated carbocycles. The van der Waals surface area contributed by atoms with Gasteiger partial charge in [-0.25, -0.2) is 4.39 Å². The number of furan rings is 1. The summed E-state index contributed by atoms with van der Waals surface area (Å²) in [5.41, 5.74) is 2.47. The van der Waals surface area contributed by atoms with Crippen LogP contribution in [0.5, 0.6) is 0 Å². The van der Waals surface area contributed by atoms with Gasteiger partial charge in [0.25, 0.3) is 0 Å². The Labute approximate surface area is 126 Å². The SMILES string of the molecule is CC(C)(C)NCC(Cc1ccc(F)cc1)Cc1ccoc1. The average molecular weight is 289 g/mol. The summed E-state index contributed by atoms with van der Waals surface area (Å²) >= 11 is 0.